The first-order valence-electron chi connectivity index (χ1n) is 16.3. The average molecular weight is 643 g/mol. The van der Waals surface area contributed by atoms with Crippen LogP contribution in [-0.4, -0.2) is 65.8 Å². The van der Waals surface area contributed by atoms with E-state index in [0.29, 0.717) is 32.2 Å². The smallest absolute Gasteiger partial charge is 0.407 e. The van der Waals surface area contributed by atoms with Crippen molar-refractivity contribution < 1.29 is 33.8 Å². The zero-order valence-corrected chi connectivity index (χ0v) is 27.6. The number of hydrogen-bond donors (Lipinski definition) is 2. The van der Waals surface area contributed by atoms with Crippen molar-refractivity contribution in [2.75, 3.05) is 26.2 Å². The van der Waals surface area contributed by atoms with Gasteiger partial charge in [-0.25, -0.2) is 4.79 Å². The Bertz CT molecular complexity index is 1470. The number of benzene rings is 3. The summed E-state index contributed by atoms with van der Waals surface area (Å²) in [5.41, 5.74) is 4.91. The summed E-state index contributed by atoms with van der Waals surface area (Å²) in [6, 6.07) is 25.8. The number of aryl methyl sites for hydroxylation is 1. The fraction of sp³-hybridized carbons (Fsp3) is 0.421. The van der Waals surface area contributed by atoms with E-state index in [9.17, 15) is 24.3 Å². The number of unbranched alkanes of at least 4 members (excludes halogenated alkanes) is 1. The number of carbonyl (C=O) groups excluding carboxylic acids is 3. The Labute approximate surface area is 277 Å². The fourth-order valence-electron chi connectivity index (χ4n) is 6.01. The van der Waals surface area contributed by atoms with Gasteiger partial charge < -0.3 is 24.8 Å². The lowest BCUT2D eigenvalue weighted by molar-refractivity contribution is -0.147. The molecule has 9 heteroatoms. The summed E-state index contributed by atoms with van der Waals surface area (Å²) in [5, 5.41) is 12.4. The molecule has 2 N–H and O–H groups in total. The number of carboxylic acids is 1. The van der Waals surface area contributed by atoms with Crippen LogP contribution in [0.2, 0.25) is 0 Å². The molecule has 0 spiro atoms. The number of carboxylic acid groups (broad SMARTS) is 1. The summed E-state index contributed by atoms with van der Waals surface area (Å²) >= 11 is 0. The van der Waals surface area contributed by atoms with E-state index in [2.05, 4.69) is 29.6 Å². The van der Waals surface area contributed by atoms with Gasteiger partial charge in [0.1, 0.15) is 18.8 Å². The Hall–Kier alpha value is -4.66. The van der Waals surface area contributed by atoms with E-state index in [-0.39, 0.29) is 43.7 Å². The number of nitrogens with zero attached hydrogens (tertiary/aromatic N) is 1. The molecule has 0 saturated carbocycles. The number of carbonyl (C=O) groups is 4. The molecule has 0 radical (unpaired) electrons. The minimum Gasteiger partial charge on any atom is -0.480 e. The van der Waals surface area contributed by atoms with Crippen LogP contribution in [0.3, 0.4) is 0 Å². The van der Waals surface area contributed by atoms with Crippen molar-refractivity contribution in [2.24, 2.45) is 5.92 Å². The van der Waals surface area contributed by atoms with Crippen LogP contribution in [0.4, 0.5) is 4.79 Å². The van der Waals surface area contributed by atoms with Crippen molar-refractivity contribution in [1.29, 1.82) is 0 Å². The standard InChI is InChI=1S/C38H46N2O7/c1-38(2,3)47-37(45)39-22-12-11-15-28(24-40(25-35(42)43)34(41)21-20-27-13-5-4-6-14-27)23-36(44)46-26-33-31-18-9-7-16-29(31)30-17-8-10-19-32(30)33/h4-10,13-14,16-19,28,33H,11-12,15,20-26H2,1-3H3,(H,39,45)(H,42,43)/t28-/m1/s1. The molecular weight excluding hydrogens is 596 g/mol. The van der Waals surface area contributed by atoms with Crippen LogP contribution in [0, 0.1) is 5.92 Å². The summed E-state index contributed by atoms with van der Waals surface area (Å²) in [6.45, 7) is 5.63. The quantitative estimate of drug-likeness (QED) is 0.134. The van der Waals surface area contributed by atoms with Gasteiger partial charge in [-0.15, -0.1) is 0 Å². The topological polar surface area (TPSA) is 122 Å². The Morgan fingerprint density at radius 3 is 2.11 bits per heavy atom. The van der Waals surface area contributed by atoms with Crippen molar-refractivity contribution in [2.45, 2.75) is 70.8 Å². The molecule has 1 atom stereocenters. The maximum absolute atomic E-state index is 13.3. The molecule has 3 aromatic rings. The van der Waals surface area contributed by atoms with Gasteiger partial charge in [0.2, 0.25) is 5.91 Å². The lowest BCUT2D eigenvalue weighted by Crippen LogP contribution is -2.40. The van der Waals surface area contributed by atoms with Gasteiger partial charge in [0, 0.05) is 25.4 Å². The first-order valence-corrected chi connectivity index (χ1v) is 16.3. The van der Waals surface area contributed by atoms with Gasteiger partial charge in [-0.2, -0.15) is 0 Å². The molecule has 0 fully saturated rings. The Morgan fingerprint density at radius 1 is 0.872 bits per heavy atom. The first kappa shape index (κ1) is 35.2. The summed E-state index contributed by atoms with van der Waals surface area (Å²) in [4.78, 5) is 51.7. The molecule has 2 amide bonds. The summed E-state index contributed by atoms with van der Waals surface area (Å²) in [7, 11) is 0. The molecule has 250 valence electrons. The van der Waals surface area contributed by atoms with Gasteiger partial charge >= 0.3 is 18.0 Å². The van der Waals surface area contributed by atoms with E-state index in [0.717, 1.165) is 27.8 Å². The number of esters is 1. The van der Waals surface area contributed by atoms with Gasteiger partial charge in [0.25, 0.3) is 0 Å². The monoisotopic (exact) mass is 642 g/mol. The minimum absolute atomic E-state index is 0.0393. The van der Waals surface area contributed by atoms with Gasteiger partial charge in [0.05, 0.1) is 6.42 Å². The molecule has 0 bridgehead atoms. The predicted molar refractivity (Wildman–Crippen MR) is 180 cm³/mol. The van der Waals surface area contributed by atoms with Crippen molar-refractivity contribution in [3.8, 4) is 11.1 Å². The van der Waals surface area contributed by atoms with Crippen LogP contribution >= 0.6 is 0 Å². The van der Waals surface area contributed by atoms with Crippen molar-refractivity contribution >= 4 is 23.9 Å². The second-order valence-corrected chi connectivity index (χ2v) is 13.1. The highest BCUT2D eigenvalue weighted by molar-refractivity contribution is 5.82. The van der Waals surface area contributed by atoms with Crippen molar-refractivity contribution in [1.82, 2.24) is 10.2 Å². The predicted octanol–water partition coefficient (Wildman–Crippen LogP) is 6.59. The molecule has 0 heterocycles. The van der Waals surface area contributed by atoms with Gasteiger partial charge in [0.15, 0.2) is 0 Å². The summed E-state index contributed by atoms with van der Waals surface area (Å²) in [5.74, 6) is -2.19. The number of aliphatic carboxylic acids is 1. The number of ether oxygens (including phenoxy) is 2. The van der Waals surface area contributed by atoms with Gasteiger partial charge in [-0.1, -0.05) is 85.3 Å². The molecule has 0 saturated heterocycles. The summed E-state index contributed by atoms with van der Waals surface area (Å²) in [6.07, 6.45) is 2.01. The van der Waals surface area contributed by atoms with Crippen molar-refractivity contribution in [3.63, 3.8) is 0 Å². The fourth-order valence-corrected chi connectivity index (χ4v) is 6.01. The summed E-state index contributed by atoms with van der Waals surface area (Å²) < 4.78 is 11.2. The third kappa shape index (κ3) is 11.0. The SMILES string of the molecule is CC(C)(C)OC(=O)NCCCC[C@H](CC(=O)OCC1c2ccccc2-c2ccccc21)CN(CC(=O)O)C(=O)CCc1ccccc1. The van der Waals surface area contributed by atoms with Crippen LogP contribution in [0.15, 0.2) is 78.9 Å². The van der Waals surface area contributed by atoms with E-state index in [1.54, 1.807) is 20.8 Å². The number of rotatable bonds is 16. The van der Waals surface area contributed by atoms with Crippen LogP contribution in [0.25, 0.3) is 11.1 Å². The minimum atomic E-state index is -1.11. The van der Waals surface area contributed by atoms with Crippen LogP contribution < -0.4 is 5.32 Å². The second-order valence-electron chi connectivity index (χ2n) is 13.1. The molecule has 1 aliphatic carbocycles. The largest absolute Gasteiger partial charge is 0.480 e. The highest BCUT2D eigenvalue weighted by Crippen LogP contribution is 2.44. The lowest BCUT2D eigenvalue weighted by Gasteiger charge is -2.26. The highest BCUT2D eigenvalue weighted by Gasteiger charge is 2.30. The molecule has 0 aromatic heterocycles. The number of amides is 2. The zero-order chi connectivity index (χ0) is 33.8. The number of hydrogen-bond acceptors (Lipinski definition) is 6. The van der Waals surface area contributed by atoms with Crippen molar-refractivity contribution in [3.05, 3.63) is 95.6 Å². The van der Waals surface area contributed by atoms with E-state index < -0.39 is 30.2 Å². The third-order valence-electron chi connectivity index (χ3n) is 8.16. The zero-order valence-electron chi connectivity index (χ0n) is 27.6. The first-order chi connectivity index (χ1) is 22.5. The molecule has 47 heavy (non-hydrogen) atoms. The number of fused-ring (bicyclic) bond motifs is 3. The van der Waals surface area contributed by atoms with E-state index >= 15 is 0 Å². The molecular formula is C38H46N2O7. The molecule has 0 aliphatic heterocycles. The lowest BCUT2D eigenvalue weighted by atomic mass is 9.96. The molecule has 0 unspecified atom stereocenters. The Kier molecular flexibility index (Phi) is 12.6. The van der Waals surface area contributed by atoms with Crippen LogP contribution in [0.5, 0.6) is 0 Å². The average Bonchev–Trinajstić information content (AvgIpc) is 3.35. The van der Waals surface area contributed by atoms with Crippen LogP contribution in [-0.2, 0) is 30.3 Å². The molecule has 1 aliphatic rings. The molecule has 9 nitrogen and oxygen atoms in total. The van der Waals surface area contributed by atoms with Gasteiger partial charge in [-0.3, -0.25) is 14.4 Å². The van der Waals surface area contributed by atoms with Crippen LogP contribution in [0.1, 0.15) is 75.5 Å². The number of nitrogens with one attached hydrogen (secondary N) is 1. The normalized spacial score (nSPS) is 12.8. The van der Waals surface area contributed by atoms with E-state index in [1.807, 2.05) is 54.6 Å². The second kappa shape index (κ2) is 16.8. The Balaban J connectivity index is 1.39. The third-order valence-corrected chi connectivity index (χ3v) is 8.16. The van der Waals surface area contributed by atoms with E-state index in [1.165, 1.54) is 4.90 Å². The number of alkyl carbamates (subject to hydrolysis) is 1. The maximum Gasteiger partial charge on any atom is 0.407 e. The highest BCUT2D eigenvalue weighted by atomic mass is 16.6. The Morgan fingerprint density at radius 2 is 1.49 bits per heavy atom. The van der Waals surface area contributed by atoms with Gasteiger partial charge in [-0.05, 0) is 73.8 Å². The molecule has 3 aromatic carbocycles. The molecule has 4 rings (SSSR count). The maximum atomic E-state index is 13.3. The van der Waals surface area contributed by atoms with E-state index in [4.69, 9.17) is 9.47 Å².